The number of aliphatic carboxylic acids is 1. The maximum Gasteiger partial charge on any atom is 0.391 e. The molecule has 2 aliphatic rings. The molecule has 98 valence electrons. The Morgan fingerprint density at radius 1 is 1.29 bits per heavy atom. The first-order valence-electron chi connectivity index (χ1n) is 5.74. The lowest BCUT2D eigenvalue weighted by Crippen LogP contribution is -2.42. The average Bonchev–Trinajstić information content (AvgIpc) is 2.54. The zero-order valence-electron chi connectivity index (χ0n) is 9.41. The zero-order chi connectivity index (χ0) is 12.8. The van der Waals surface area contributed by atoms with Gasteiger partial charge in [0.15, 0.2) is 0 Å². The first-order chi connectivity index (χ1) is 7.79. The summed E-state index contributed by atoms with van der Waals surface area (Å²) in [7, 11) is 0. The van der Waals surface area contributed by atoms with Gasteiger partial charge in [0, 0.05) is 5.92 Å². The van der Waals surface area contributed by atoms with Gasteiger partial charge in [-0.25, -0.2) is 0 Å². The Labute approximate surface area is 96.9 Å². The summed E-state index contributed by atoms with van der Waals surface area (Å²) in [5, 5.41) is 9.03. The molecule has 1 aliphatic heterocycles. The number of rotatable bonds is 1. The van der Waals surface area contributed by atoms with Crippen molar-refractivity contribution in [3.05, 3.63) is 0 Å². The standard InChI is InChI=1S/C11H15F3O3/c1-5-2-7-8(10(15)16)3-6(11(12,13)14)4-9(7)17-5/h5-9H,2-4H2,1H3,(H,15,16)/t5-,6+,7+,8-,9+/m1/s1. The molecular formula is C11H15F3O3. The largest absolute Gasteiger partial charge is 0.481 e. The number of hydrogen-bond acceptors (Lipinski definition) is 2. The molecule has 0 radical (unpaired) electrons. The van der Waals surface area contributed by atoms with Gasteiger partial charge in [-0.1, -0.05) is 0 Å². The van der Waals surface area contributed by atoms with E-state index in [-0.39, 0.29) is 24.9 Å². The Bertz CT molecular complexity index is 316. The average molecular weight is 252 g/mol. The van der Waals surface area contributed by atoms with E-state index in [1.165, 1.54) is 0 Å². The number of fused-ring (bicyclic) bond motifs is 1. The molecule has 6 heteroatoms. The van der Waals surface area contributed by atoms with E-state index in [1.54, 1.807) is 6.92 Å². The van der Waals surface area contributed by atoms with E-state index in [1.807, 2.05) is 0 Å². The highest BCUT2D eigenvalue weighted by Crippen LogP contribution is 2.48. The van der Waals surface area contributed by atoms with Gasteiger partial charge in [0.1, 0.15) is 0 Å². The van der Waals surface area contributed by atoms with Gasteiger partial charge < -0.3 is 9.84 Å². The Morgan fingerprint density at radius 3 is 2.47 bits per heavy atom. The van der Waals surface area contributed by atoms with Crippen molar-refractivity contribution in [3.63, 3.8) is 0 Å². The fourth-order valence-electron chi connectivity index (χ4n) is 3.05. The number of alkyl halides is 3. The molecule has 0 aromatic rings. The van der Waals surface area contributed by atoms with E-state index in [0.717, 1.165) is 0 Å². The first kappa shape index (κ1) is 12.7. The van der Waals surface area contributed by atoms with Crippen molar-refractivity contribution in [2.24, 2.45) is 17.8 Å². The molecular weight excluding hydrogens is 237 g/mol. The Hall–Kier alpha value is -0.780. The molecule has 0 unspecified atom stereocenters. The number of carbonyl (C=O) groups is 1. The van der Waals surface area contributed by atoms with Crippen molar-refractivity contribution >= 4 is 5.97 Å². The molecule has 1 aliphatic carbocycles. The molecule has 1 heterocycles. The van der Waals surface area contributed by atoms with Crippen molar-refractivity contribution < 1.29 is 27.8 Å². The van der Waals surface area contributed by atoms with E-state index in [0.29, 0.717) is 6.42 Å². The summed E-state index contributed by atoms with van der Waals surface area (Å²) in [4.78, 5) is 11.1. The van der Waals surface area contributed by atoms with Crippen LogP contribution in [0.2, 0.25) is 0 Å². The molecule has 0 bridgehead atoms. The minimum absolute atomic E-state index is 0.0950. The fraction of sp³-hybridized carbons (Fsp3) is 0.909. The second kappa shape index (κ2) is 4.15. The van der Waals surface area contributed by atoms with Crippen LogP contribution in [0.15, 0.2) is 0 Å². The van der Waals surface area contributed by atoms with E-state index >= 15 is 0 Å². The molecule has 2 rings (SSSR count). The highest BCUT2D eigenvalue weighted by atomic mass is 19.4. The minimum Gasteiger partial charge on any atom is -0.481 e. The first-order valence-corrected chi connectivity index (χ1v) is 5.74. The minimum atomic E-state index is -4.33. The van der Waals surface area contributed by atoms with Crippen LogP contribution in [-0.4, -0.2) is 29.5 Å². The number of carboxylic acid groups (broad SMARTS) is 1. The van der Waals surface area contributed by atoms with Crippen molar-refractivity contribution in [1.29, 1.82) is 0 Å². The maximum absolute atomic E-state index is 12.7. The topological polar surface area (TPSA) is 46.5 Å². The summed E-state index contributed by atoms with van der Waals surface area (Å²) in [6.45, 7) is 1.78. The predicted molar refractivity (Wildman–Crippen MR) is 52.3 cm³/mol. The van der Waals surface area contributed by atoms with Crippen molar-refractivity contribution in [1.82, 2.24) is 0 Å². The lowest BCUT2D eigenvalue weighted by Gasteiger charge is -2.36. The summed E-state index contributed by atoms with van der Waals surface area (Å²) in [6, 6.07) is 0. The highest BCUT2D eigenvalue weighted by molar-refractivity contribution is 5.70. The SMILES string of the molecule is C[C@@H]1C[C@@H]2[C@H](C[C@@H](C(F)(F)F)C[C@H]2C(=O)O)O1. The van der Waals surface area contributed by atoms with Crippen molar-refractivity contribution in [2.75, 3.05) is 0 Å². The number of halogens is 3. The summed E-state index contributed by atoms with van der Waals surface area (Å²) in [6.07, 6.45) is -4.87. The smallest absolute Gasteiger partial charge is 0.391 e. The van der Waals surface area contributed by atoms with Crippen LogP contribution in [0.25, 0.3) is 0 Å². The molecule has 2 fully saturated rings. The Morgan fingerprint density at radius 2 is 1.94 bits per heavy atom. The number of ether oxygens (including phenoxy) is 1. The Balaban J connectivity index is 2.18. The molecule has 5 atom stereocenters. The maximum atomic E-state index is 12.7. The van der Waals surface area contributed by atoms with Crippen molar-refractivity contribution in [3.8, 4) is 0 Å². The summed E-state index contributed by atoms with van der Waals surface area (Å²) >= 11 is 0. The van der Waals surface area contributed by atoms with Crippen LogP contribution < -0.4 is 0 Å². The van der Waals surface area contributed by atoms with Gasteiger partial charge in [0.2, 0.25) is 0 Å². The van der Waals surface area contributed by atoms with E-state index in [9.17, 15) is 18.0 Å². The molecule has 3 nitrogen and oxygen atoms in total. The highest BCUT2D eigenvalue weighted by Gasteiger charge is 2.53. The van der Waals surface area contributed by atoms with E-state index in [4.69, 9.17) is 9.84 Å². The molecule has 0 aromatic carbocycles. The van der Waals surface area contributed by atoms with Crippen LogP contribution in [0.3, 0.4) is 0 Å². The predicted octanol–water partition coefficient (Wildman–Crippen LogP) is 2.45. The lowest BCUT2D eigenvalue weighted by molar-refractivity contribution is -0.201. The van der Waals surface area contributed by atoms with Gasteiger partial charge in [0.05, 0.1) is 24.0 Å². The molecule has 1 N–H and O–H groups in total. The summed E-state index contributed by atoms with van der Waals surface area (Å²) < 4.78 is 43.5. The van der Waals surface area contributed by atoms with Gasteiger partial charge >= 0.3 is 12.1 Å². The molecule has 0 amide bonds. The fourth-order valence-corrected chi connectivity index (χ4v) is 3.05. The molecule has 0 aromatic heterocycles. The second-order valence-electron chi connectivity index (χ2n) is 5.04. The quantitative estimate of drug-likeness (QED) is 0.779. The Kier molecular flexibility index (Phi) is 3.10. The van der Waals surface area contributed by atoms with Crippen LogP contribution in [0, 0.1) is 17.8 Å². The van der Waals surface area contributed by atoms with Gasteiger partial charge in [-0.05, 0) is 26.2 Å². The van der Waals surface area contributed by atoms with Gasteiger partial charge in [-0.3, -0.25) is 4.79 Å². The third kappa shape index (κ3) is 2.41. The van der Waals surface area contributed by atoms with Gasteiger partial charge in [-0.15, -0.1) is 0 Å². The summed E-state index contributed by atoms with van der Waals surface area (Å²) in [5.74, 6) is -3.87. The number of carboxylic acids is 1. The van der Waals surface area contributed by atoms with E-state index < -0.39 is 30.1 Å². The van der Waals surface area contributed by atoms with Crippen LogP contribution in [0.1, 0.15) is 26.2 Å². The third-order valence-corrected chi connectivity index (χ3v) is 3.84. The molecule has 0 spiro atoms. The van der Waals surface area contributed by atoms with Crippen molar-refractivity contribution in [2.45, 2.75) is 44.6 Å². The van der Waals surface area contributed by atoms with Crippen LogP contribution in [-0.2, 0) is 9.53 Å². The van der Waals surface area contributed by atoms with Crippen LogP contribution in [0.5, 0.6) is 0 Å². The normalized spacial score (nSPS) is 42.2. The number of hydrogen-bond donors (Lipinski definition) is 1. The molecule has 1 saturated carbocycles. The lowest BCUT2D eigenvalue weighted by atomic mass is 9.71. The van der Waals surface area contributed by atoms with Gasteiger partial charge in [0.25, 0.3) is 0 Å². The summed E-state index contributed by atoms with van der Waals surface area (Å²) in [5.41, 5.74) is 0. The third-order valence-electron chi connectivity index (χ3n) is 3.84. The van der Waals surface area contributed by atoms with Gasteiger partial charge in [-0.2, -0.15) is 13.2 Å². The monoisotopic (exact) mass is 252 g/mol. The molecule has 17 heavy (non-hydrogen) atoms. The molecule has 1 saturated heterocycles. The second-order valence-corrected chi connectivity index (χ2v) is 5.04. The van der Waals surface area contributed by atoms with Crippen LogP contribution in [0.4, 0.5) is 13.2 Å². The van der Waals surface area contributed by atoms with E-state index in [2.05, 4.69) is 0 Å². The zero-order valence-corrected chi connectivity index (χ0v) is 9.41. The van der Waals surface area contributed by atoms with Crippen LogP contribution >= 0.6 is 0 Å².